The van der Waals surface area contributed by atoms with Gasteiger partial charge in [-0.25, -0.2) is 4.79 Å². The third-order valence-electron chi connectivity index (χ3n) is 4.11. The molecule has 0 aromatic rings. The molecule has 5 unspecified atom stereocenters. The number of carboxylic acids is 4. The van der Waals surface area contributed by atoms with E-state index in [4.69, 9.17) is 26.2 Å². The zero-order chi connectivity index (χ0) is 25.9. The maximum absolute atomic E-state index is 12.6. The summed E-state index contributed by atoms with van der Waals surface area (Å²) in [4.78, 5) is 80.8. The number of aliphatic carboxylic acids is 4. The van der Waals surface area contributed by atoms with Gasteiger partial charge in [0, 0.05) is 6.42 Å². The largest absolute Gasteiger partial charge is 0.481 e. The fourth-order valence-electron chi connectivity index (χ4n) is 2.33. The minimum atomic E-state index is -1.94. The lowest BCUT2D eigenvalue weighted by Gasteiger charge is -2.24. The molecule has 10 N–H and O–H groups in total. The number of carbonyl (C=O) groups excluding carboxylic acids is 3. The van der Waals surface area contributed by atoms with Gasteiger partial charge in [0.05, 0.1) is 18.9 Å². The van der Waals surface area contributed by atoms with Crippen LogP contribution in [0.1, 0.15) is 32.6 Å². The third kappa shape index (κ3) is 11.4. The van der Waals surface area contributed by atoms with E-state index in [2.05, 4.69) is 5.32 Å². The molecule has 0 aliphatic carbocycles. The van der Waals surface area contributed by atoms with E-state index < -0.39 is 97.6 Å². The summed E-state index contributed by atoms with van der Waals surface area (Å²) < 4.78 is 0. The van der Waals surface area contributed by atoms with Crippen molar-refractivity contribution >= 4 is 41.6 Å². The lowest BCUT2D eigenvalue weighted by atomic mass is 10.1. The topological polar surface area (TPSA) is 283 Å². The molecular weight excluding hydrogens is 452 g/mol. The van der Waals surface area contributed by atoms with E-state index in [-0.39, 0.29) is 0 Å². The molecule has 0 aliphatic heterocycles. The Morgan fingerprint density at radius 3 is 1.55 bits per heavy atom. The monoisotopic (exact) mass is 478 g/mol. The van der Waals surface area contributed by atoms with Crippen molar-refractivity contribution in [1.29, 1.82) is 0 Å². The van der Waals surface area contributed by atoms with Crippen molar-refractivity contribution in [3.05, 3.63) is 0 Å². The van der Waals surface area contributed by atoms with Gasteiger partial charge in [-0.1, -0.05) is 0 Å². The minimum absolute atomic E-state index is 0.502. The zero-order valence-corrected chi connectivity index (χ0v) is 17.4. The van der Waals surface area contributed by atoms with E-state index in [0.717, 1.165) is 0 Å². The molecule has 0 radical (unpaired) electrons. The Balaban J connectivity index is 5.61. The van der Waals surface area contributed by atoms with Crippen molar-refractivity contribution in [2.45, 2.75) is 62.9 Å². The quantitative estimate of drug-likeness (QED) is 0.109. The maximum Gasteiger partial charge on any atom is 0.326 e. The van der Waals surface area contributed by atoms with Gasteiger partial charge < -0.3 is 47.2 Å². The average molecular weight is 478 g/mol. The number of carbonyl (C=O) groups is 7. The van der Waals surface area contributed by atoms with Gasteiger partial charge in [0.1, 0.15) is 24.2 Å². The molecule has 3 amide bonds. The maximum atomic E-state index is 12.6. The SMILES string of the molecule is CC(O)C(N)C(=O)NC(CCC(=O)O)C(=O)NC(CC(=O)O)C(=O)NC(CC(=O)O)C(=O)O. The van der Waals surface area contributed by atoms with Crippen LogP contribution in [0.25, 0.3) is 0 Å². The molecule has 0 heterocycles. The number of nitrogens with one attached hydrogen (secondary N) is 3. The zero-order valence-electron chi connectivity index (χ0n) is 17.4. The fourth-order valence-corrected chi connectivity index (χ4v) is 2.33. The van der Waals surface area contributed by atoms with E-state index in [1.807, 2.05) is 5.32 Å². The van der Waals surface area contributed by atoms with Crippen LogP contribution in [0, 0.1) is 0 Å². The Bertz CT molecular complexity index is 784. The first-order valence-electron chi connectivity index (χ1n) is 9.38. The van der Waals surface area contributed by atoms with E-state index in [1.165, 1.54) is 6.92 Å². The molecule has 186 valence electrons. The second-order valence-electron chi connectivity index (χ2n) is 6.92. The standard InChI is InChI=1S/C17H26N4O12/c1-6(22)13(18)16(31)19-7(2-3-10(23)24)14(29)20-8(4-11(25)26)15(30)21-9(17(32)33)5-12(27)28/h6-9,13,22H,2-5,18H2,1H3,(H,19,31)(H,20,29)(H,21,30)(H,23,24)(H,25,26)(H,27,28)(H,32,33). The molecule has 16 nitrogen and oxygen atoms in total. The van der Waals surface area contributed by atoms with Gasteiger partial charge >= 0.3 is 23.9 Å². The lowest BCUT2D eigenvalue weighted by molar-refractivity contribution is -0.148. The van der Waals surface area contributed by atoms with Crippen LogP contribution in [0.3, 0.4) is 0 Å². The Kier molecular flexibility index (Phi) is 12.0. The fraction of sp³-hybridized carbons (Fsp3) is 0.588. The summed E-state index contributed by atoms with van der Waals surface area (Å²) in [5.74, 6) is -9.83. The van der Waals surface area contributed by atoms with Crippen LogP contribution < -0.4 is 21.7 Å². The molecule has 16 heteroatoms. The van der Waals surface area contributed by atoms with Crippen LogP contribution in [0.5, 0.6) is 0 Å². The van der Waals surface area contributed by atoms with Crippen LogP contribution >= 0.6 is 0 Å². The molecule has 0 saturated heterocycles. The molecule has 0 bridgehead atoms. The summed E-state index contributed by atoms with van der Waals surface area (Å²) in [6.45, 7) is 1.18. The molecule has 5 atom stereocenters. The van der Waals surface area contributed by atoms with Gasteiger partial charge in [0.2, 0.25) is 17.7 Å². The smallest absolute Gasteiger partial charge is 0.326 e. The highest BCUT2D eigenvalue weighted by atomic mass is 16.4. The number of hydrogen-bond acceptors (Lipinski definition) is 9. The van der Waals surface area contributed by atoms with Crippen LogP contribution in [0.2, 0.25) is 0 Å². The number of aliphatic hydroxyl groups excluding tert-OH is 1. The van der Waals surface area contributed by atoms with E-state index in [9.17, 15) is 38.7 Å². The number of hydrogen-bond donors (Lipinski definition) is 9. The molecule has 0 rings (SSSR count). The van der Waals surface area contributed by atoms with Crippen LogP contribution in [-0.2, 0) is 33.6 Å². The summed E-state index contributed by atoms with van der Waals surface area (Å²) in [7, 11) is 0. The predicted octanol–water partition coefficient (Wildman–Crippen LogP) is -3.95. The van der Waals surface area contributed by atoms with Crippen molar-refractivity contribution in [2.24, 2.45) is 5.73 Å². The Labute approximate surface area is 186 Å². The van der Waals surface area contributed by atoms with E-state index in [0.29, 0.717) is 0 Å². The molecule has 0 fully saturated rings. The van der Waals surface area contributed by atoms with Gasteiger partial charge in [-0.2, -0.15) is 0 Å². The molecule has 0 spiro atoms. The van der Waals surface area contributed by atoms with Crippen molar-refractivity contribution in [3.8, 4) is 0 Å². The highest BCUT2D eigenvalue weighted by Crippen LogP contribution is 2.04. The second-order valence-corrected chi connectivity index (χ2v) is 6.92. The number of rotatable bonds is 15. The van der Waals surface area contributed by atoms with Crippen LogP contribution in [0.15, 0.2) is 0 Å². The van der Waals surface area contributed by atoms with Gasteiger partial charge in [-0.05, 0) is 13.3 Å². The van der Waals surface area contributed by atoms with Gasteiger partial charge in [-0.3, -0.25) is 28.8 Å². The first-order chi connectivity index (χ1) is 15.1. The van der Waals surface area contributed by atoms with Crippen molar-refractivity contribution in [3.63, 3.8) is 0 Å². The van der Waals surface area contributed by atoms with Gasteiger partial charge in [0.25, 0.3) is 0 Å². The number of carboxylic acid groups (broad SMARTS) is 4. The molecular formula is C17H26N4O12. The second kappa shape index (κ2) is 13.6. The van der Waals surface area contributed by atoms with Gasteiger partial charge in [0.15, 0.2) is 0 Å². The molecule has 0 aromatic heterocycles. The Morgan fingerprint density at radius 2 is 1.12 bits per heavy atom. The summed E-state index contributed by atoms with van der Waals surface area (Å²) in [5, 5.41) is 50.8. The molecule has 0 aromatic carbocycles. The number of aliphatic hydroxyl groups is 1. The third-order valence-corrected chi connectivity index (χ3v) is 4.11. The van der Waals surface area contributed by atoms with Crippen LogP contribution in [0.4, 0.5) is 0 Å². The van der Waals surface area contributed by atoms with Crippen LogP contribution in [-0.4, -0.2) is 97.4 Å². The predicted molar refractivity (Wildman–Crippen MR) is 104 cm³/mol. The first-order valence-corrected chi connectivity index (χ1v) is 9.38. The van der Waals surface area contributed by atoms with E-state index in [1.54, 1.807) is 5.32 Å². The normalized spacial score (nSPS) is 15.1. The molecule has 0 aliphatic rings. The van der Waals surface area contributed by atoms with Crippen molar-refractivity contribution in [2.75, 3.05) is 0 Å². The lowest BCUT2D eigenvalue weighted by Crippen LogP contribution is -2.58. The molecule has 33 heavy (non-hydrogen) atoms. The summed E-state index contributed by atoms with van der Waals surface area (Å²) in [5.41, 5.74) is 5.45. The minimum Gasteiger partial charge on any atom is -0.481 e. The summed E-state index contributed by atoms with van der Waals surface area (Å²) >= 11 is 0. The number of amides is 3. The van der Waals surface area contributed by atoms with Crippen molar-refractivity contribution < 1.29 is 59.1 Å². The van der Waals surface area contributed by atoms with Gasteiger partial charge in [-0.15, -0.1) is 0 Å². The van der Waals surface area contributed by atoms with E-state index >= 15 is 0 Å². The Morgan fingerprint density at radius 1 is 0.697 bits per heavy atom. The Hall–Kier alpha value is -3.79. The highest BCUT2D eigenvalue weighted by Gasteiger charge is 2.32. The first kappa shape index (κ1) is 29.2. The number of nitrogens with two attached hydrogens (primary N) is 1. The highest BCUT2D eigenvalue weighted by molar-refractivity contribution is 5.96. The van der Waals surface area contributed by atoms with Crippen molar-refractivity contribution in [1.82, 2.24) is 16.0 Å². The summed E-state index contributed by atoms with van der Waals surface area (Å²) in [6, 6.07) is -6.94. The summed E-state index contributed by atoms with van der Waals surface area (Å²) in [6.07, 6.45) is -4.55. The average Bonchev–Trinajstić information content (AvgIpc) is 2.67. The molecule has 0 saturated carbocycles.